The van der Waals surface area contributed by atoms with Gasteiger partial charge in [0.2, 0.25) is 0 Å². The molecule has 106 valence electrons. The van der Waals surface area contributed by atoms with E-state index in [4.69, 9.17) is 0 Å². The molecule has 0 amide bonds. The topological polar surface area (TPSA) is 74.6 Å². The maximum Gasteiger partial charge on any atom is 0.331 e. The van der Waals surface area contributed by atoms with Gasteiger partial charge in [-0.3, -0.25) is 4.79 Å². The van der Waals surface area contributed by atoms with Crippen molar-refractivity contribution in [2.75, 3.05) is 0 Å². The van der Waals surface area contributed by atoms with E-state index in [0.717, 1.165) is 0 Å². The number of hydrogen-bond acceptors (Lipinski definition) is 3. The van der Waals surface area contributed by atoms with Crippen LogP contribution in [0.2, 0.25) is 0 Å². The first-order valence-electron chi connectivity index (χ1n) is 6.98. The highest BCUT2D eigenvalue weighted by molar-refractivity contribution is 5.94. The molecular formula is C15H22O4. The predicted octanol–water partition coefficient (Wildman–Crippen LogP) is 2.02. The number of carbonyl (C=O) groups excluding carboxylic acids is 1. The summed E-state index contributed by atoms with van der Waals surface area (Å²) in [4.78, 5) is 23.8. The van der Waals surface area contributed by atoms with E-state index < -0.39 is 17.5 Å². The second-order valence-electron chi connectivity index (χ2n) is 6.30. The minimum absolute atomic E-state index is 0.0206. The van der Waals surface area contributed by atoms with Crippen LogP contribution in [0.4, 0.5) is 0 Å². The van der Waals surface area contributed by atoms with Gasteiger partial charge in [0.15, 0.2) is 0 Å². The van der Waals surface area contributed by atoms with Crippen LogP contribution in [-0.2, 0) is 9.59 Å². The molecule has 2 N–H and O–H groups in total. The summed E-state index contributed by atoms with van der Waals surface area (Å²) < 4.78 is 0. The van der Waals surface area contributed by atoms with Crippen molar-refractivity contribution in [2.45, 2.75) is 46.1 Å². The lowest BCUT2D eigenvalue weighted by Crippen LogP contribution is -2.46. The SMILES string of the molecule is CC(C)C(=O)[C@@]12C=C(C(=O)O)CC[C@H]1[C@H](C)C[C@H]2O. The van der Waals surface area contributed by atoms with Gasteiger partial charge < -0.3 is 10.2 Å². The minimum atomic E-state index is -0.973. The fourth-order valence-electron chi connectivity index (χ4n) is 3.91. The second kappa shape index (κ2) is 4.75. The standard InChI is InChI=1S/C15H22O4/c1-8(2)13(17)15-7-10(14(18)19)4-5-11(15)9(3)6-12(15)16/h7-9,11-12,16H,4-6H2,1-3H3,(H,18,19)/t9-,11+,12-,15+/m1/s1. The van der Waals surface area contributed by atoms with Crippen LogP contribution in [0.3, 0.4) is 0 Å². The van der Waals surface area contributed by atoms with E-state index in [2.05, 4.69) is 0 Å². The Morgan fingerprint density at radius 2 is 2.05 bits per heavy atom. The molecule has 0 aromatic carbocycles. The third-order valence-corrected chi connectivity index (χ3v) is 4.81. The van der Waals surface area contributed by atoms with Crippen molar-refractivity contribution in [1.82, 2.24) is 0 Å². The molecule has 0 aromatic heterocycles. The van der Waals surface area contributed by atoms with Gasteiger partial charge in [-0.25, -0.2) is 4.79 Å². The zero-order valence-corrected chi connectivity index (χ0v) is 11.7. The fourth-order valence-corrected chi connectivity index (χ4v) is 3.91. The molecule has 2 rings (SSSR count). The lowest BCUT2D eigenvalue weighted by molar-refractivity contribution is -0.137. The normalized spacial score (nSPS) is 37.9. The van der Waals surface area contributed by atoms with Crippen molar-refractivity contribution in [3.8, 4) is 0 Å². The van der Waals surface area contributed by atoms with Gasteiger partial charge in [-0.05, 0) is 31.1 Å². The highest BCUT2D eigenvalue weighted by Gasteiger charge is 2.58. The van der Waals surface area contributed by atoms with Gasteiger partial charge in [-0.1, -0.05) is 26.8 Å². The van der Waals surface area contributed by atoms with Crippen LogP contribution in [0.15, 0.2) is 11.6 Å². The van der Waals surface area contributed by atoms with Gasteiger partial charge in [0, 0.05) is 11.5 Å². The maximum absolute atomic E-state index is 12.6. The minimum Gasteiger partial charge on any atom is -0.478 e. The maximum atomic E-state index is 12.6. The van der Waals surface area contributed by atoms with Crippen LogP contribution < -0.4 is 0 Å². The van der Waals surface area contributed by atoms with Gasteiger partial charge in [-0.2, -0.15) is 0 Å². The molecule has 19 heavy (non-hydrogen) atoms. The summed E-state index contributed by atoms with van der Waals surface area (Å²) >= 11 is 0. The number of fused-ring (bicyclic) bond motifs is 1. The van der Waals surface area contributed by atoms with Crippen molar-refractivity contribution in [3.63, 3.8) is 0 Å². The van der Waals surface area contributed by atoms with E-state index in [0.29, 0.717) is 19.3 Å². The molecular weight excluding hydrogens is 244 g/mol. The Kier molecular flexibility index (Phi) is 3.56. The number of carbonyl (C=O) groups is 2. The van der Waals surface area contributed by atoms with Gasteiger partial charge in [0.05, 0.1) is 11.5 Å². The summed E-state index contributed by atoms with van der Waals surface area (Å²) in [6.07, 6.45) is 2.56. The van der Waals surface area contributed by atoms with Crippen LogP contribution in [0, 0.1) is 23.2 Å². The smallest absolute Gasteiger partial charge is 0.331 e. The summed E-state index contributed by atoms with van der Waals surface area (Å²) in [7, 11) is 0. The van der Waals surface area contributed by atoms with Gasteiger partial charge in [-0.15, -0.1) is 0 Å². The Hall–Kier alpha value is -1.16. The first-order chi connectivity index (χ1) is 8.80. The Morgan fingerprint density at radius 3 is 2.58 bits per heavy atom. The molecule has 1 fully saturated rings. The highest BCUT2D eigenvalue weighted by atomic mass is 16.4. The molecule has 0 unspecified atom stereocenters. The van der Waals surface area contributed by atoms with Crippen LogP contribution in [-0.4, -0.2) is 28.1 Å². The molecule has 0 saturated heterocycles. The quantitative estimate of drug-likeness (QED) is 0.819. The van der Waals surface area contributed by atoms with Gasteiger partial charge >= 0.3 is 5.97 Å². The second-order valence-corrected chi connectivity index (χ2v) is 6.30. The summed E-state index contributed by atoms with van der Waals surface area (Å²) in [5.74, 6) is -0.870. The molecule has 2 aliphatic carbocycles. The van der Waals surface area contributed by atoms with E-state index in [-0.39, 0.29) is 29.1 Å². The Labute approximate surface area is 113 Å². The number of carboxylic acid groups (broad SMARTS) is 1. The first-order valence-corrected chi connectivity index (χ1v) is 6.98. The number of hydrogen-bond donors (Lipinski definition) is 2. The number of aliphatic carboxylic acids is 1. The lowest BCUT2D eigenvalue weighted by atomic mass is 9.63. The monoisotopic (exact) mass is 266 g/mol. The number of aliphatic hydroxyl groups excluding tert-OH is 1. The number of aliphatic hydroxyl groups is 1. The Balaban J connectivity index is 2.54. The number of ketones is 1. The summed E-state index contributed by atoms with van der Waals surface area (Å²) in [5.41, 5.74) is -0.696. The number of rotatable bonds is 3. The molecule has 0 aliphatic heterocycles. The zero-order valence-electron chi connectivity index (χ0n) is 11.7. The van der Waals surface area contributed by atoms with E-state index in [1.807, 2.05) is 20.8 Å². The average molecular weight is 266 g/mol. The van der Waals surface area contributed by atoms with Crippen molar-refractivity contribution < 1.29 is 19.8 Å². The summed E-state index contributed by atoms with van der Waals surface area (Å²) in [6.45, 7) is 5.67. The predicted molar refractivity (Wildman–Crippen MR) is 70.5 cm³/mol. The molecule has 4 heteroatoms. The summed E-state index contributed by atoms with van der Waals surface area (Å²) in [6, 6.07) is 0. The molecule has 0 spiro atoms. The first kappa shape index (κ1) is 14.3. The van der Waals surface area contributed by atoms with Crippen molar-refractivity contribution in [1.29, 1.82) is 0 Å². The van der Waals surface area contributed by atoms with E-state index in [1.165, 1.54) is 0 Å². The molecule has 0 heterocycles. The summed E-state index contributed by atoms with van der Waals surface area (Å²) in [5, 5.41) is 19.6. The molecule has 4 atom stereocenters. The van der Waals surface area contributed by atoms with Crippen molar-refractivity contribution in [2.24, 2.45) is 23.2 Å². The van der Waals surface area contributed by atoms with Gasteiger partial charge in [0.1, 0.15) is 5.78 Å². The Morgan fingerprint density at radius 1 is 1.42 bits per heavy atom. The lowest BCUT2D eigenvalue weighted by Gasteiger charge is -2.40. The molecule has 2 aliphatic rings. The van der Waals surface area contributed by atoms with E-state index in [9.17, 15) is 19.8 Å². The van der Waals surface area contributed by atoms with Gasteiger partial charge in [0.25, 0.3) is 0 Å². The highest BCUT2D eigenvalue weighted by Crippen LogP contribution is 2.55. The fraction of sp³-hybridized carbons (Fsp3) is 0.733. The largest absolute Gasteiger partial charge is 0.478 e. The molecule has 0 bridgehead atoms. The van der Waals surface area contributed by atoms with E-state index in [1.54, 1.807) is 6.08 Å². The van der Waals surface area contributed by atoms with Crippen LogP contribution in [0.25, 0.3) is 0 Å². The van der Waals surface area contributed by atoms with Crippen LogP contribution >= 0.6 is 0 Å². The van der Waals surface area contributed by atoms with E-state index >= 15 is 0 Å². The van der Waals surface area contributed by atoms with Crippen LogP contribution in [0.5, 0.6) is 0 Å². The third kappa shape index (κ3) is 2.02. The number of carboxylic acids is 1. The molecule has 0 radical (unpaired) electrons. The van der Waals surface area contributed by atoms with Crippen molar-refractivity contribution in [3.05, 3.63) is 11.6 Å². The molecule has 1 saturated carbocycles. The van der Waals surface area contributed by atoms with Crippen LogP contribution in [0.1, 0.15) is 40.0 Å². The third-order valence-electron chi connectivity index (χ3n) is 4.81. The average Bonchev–Trinajstić information content (AvgIpc) is 2.60. The molecule has 0 aromatic rings. The molecule has 4 nitrogen and oxygen atoms in total. The Bertz CT molecular complexity index is 437. The van der Waals surface area contributed by atoms with Crippen molar-refractivity contribution >= 4 is 11.8 Å². The zero-order chi connectivity index (χ0) is 14.4. The number of Topliss-reactive ketones (excluding diaryl/α,β-unsaturated/α-hetero) is 1.